The van der Waals surface area contributed by atoms with Crippen LogP contribution in [-0.4, -0.2) is 18.5 Å². The maximum Gasteiger partial charge on any atom is 0.341 e. The van der Waals surface area contributed by atoms with E-state index in [0.717, 1.165) is 27.6 Å². The average Bonchev–Trinajstić information content (AvgIpc) is 3.32. The van der Waals surface area contributed by atoms with Crippen molar-refractivity contribution in [3.8, 4) is 11.1 Å². The molecule has 2 heterocycles. The predicted molar refractivity (Wildman–Crippen MR) is 119 cm³/mol. The Morgan fingerprint density at radius 1 is 1.07 bits per heavy atom. The van der Waals surface area contributed by atoms with Crippen LogP contribution in [0.25, 0.3) is 22.1 Å². The molecule has 0 radical (unpaired) electrons. The molecule has 30 heavy (non-hydrogen) atoms. The molecule has 0 atom stereocenters. The van der Waals surface area contributed by atoms with Crippen molar-refractivity contribution in [3.63, 3.8) is 0 Å². The summed E-state index contributed by atoms with van der Waals surface area (Å²) in [5.41, 5.74) is 4.87. The van der Waals surface area contributed by atoms with Gasteiger partial charge in [0.05, 0.1) is 6.61 Å². The fourth-order valence-electron chi connectivity index (χ4n) is 3.43. The highest BCUT2D eigenvalue weighted by atomic mass is 32.1. The number of aryl methyl sites for hydroxylation is 2. The van der Waals surface area contributed by atoms with E-state index in [1.165, 1.54) is 11.3 Å². The Morgan fingerprint density at radius 3 is 2.60 bits per heavy atom. The molecule has 2 aromatic heterocycles. The van der Waals surface area contributed by atoms with Gasteiger partial charge in [-0.1, -0.05) is 42.0 Å². The summed E-state index contributed by atoms with van der Waals surface area (Å²) in [7, 11) is 0. The highest BCUT2D eigenvalue weighted by Crippen LogP contribution is 2.38. The lowest BCUT2D eigenvalue weighted by molar-refractivity contribution is 0.0529. The Bertz CT molecular complexity index is 1220. The van der Waals surface area contributed by atoms with Gasteiger partial charge in [0.1, 0.15) is 16.1 Å². The fraction of sp³-hybridized carbons (Fsp3) is 0.167. The fourth-order valence-corrected chi connectivity index (χ4v) is 4.37. The molecule has 0 saturated carbocycles. The van der Waals surface area contributed by atoms with Crippen molar-refractivity contribution in [3.05, 3.63) is 76.4 Å². The second kappa shape index (κ2) is 8.16. The SMILES string of the molecule is CCOC(=O)c1c(-c2ccc(C)cc2C)csc1NC(=O)c1cc2ccccc2o1. The number of thiophene rings is 1. The van der Waals surface area contributed by atoms with Crippen molar-refractivity contribution in [2.24, 2.45) is 0 Å². The molecule has 0 bridgehead atoms. The number of carbonyl (C=O) groups excluding carboxylic acids is 2. The number of amides is 1. The molecule has 0 saturated heterocycles. The number of esters is 1. The van der Waals surface area contributed by atoms with Gasteiger partial charge in [-0.2, -0.15) is 0 Å². The normalized spacial score (nSPS) is 10.9. The van der Waals surface area contributed by atoms with E-state index in [2.05, 4.69) is 11.4 Å². The molecule has 5 nitrogen and oxygen atoms in total. The minimum atomic E-state index is -0.464. The van der Waals surface area contributed by atoms with E-state index in [0.29, 0.717) is 16.1 Å². The Hall–Kier alpha value is -3.38. The first-order valence-corrected chi connectivity index (χ1v) is 10.5. The Morgan fingerprint density at radius 2 is 1.87 bits per heavy atom. The standard InChI is InChI=1S/C24H21NO4S/c1-4-28-24(27)21-18(17-10-9-14(2)11-15(17)3)13-30-23(21)25-22(26)20-12-16-7-5-6-8-19(16)29-20/h5-13H,4H2,1-3H3,(H,25,26). The van der Waals surface area contributed by atoms with Gasteiger partial charge >= 0.3 is 5.97 Å². The van der Waals surface area contributed by atoms with Crippen LogP contribution in [0.3, 0.4) is 0 Å². The van der Waals surface area contributed by atoms with Crippen molar-refractivity contribution < 1.29 is 18.7 Å². The molecule has 0 spiro atoms. The van der Waals surface area contributed by atoms with Crippen LogP contribution in [0.15, 0.2) is 58.3 Å². The second-order valence-electron chi connectivity index (χ2n) is 6.99. The molecule has 152 valence electrons. The first-order valence-electron chi connectivity index (χ1n) is 9.64. The van der Waals surface area contributed by atoms with Crippen molar-refractivity contribution in [2.45, 2.75) is 20.8 Å². The summed E-state index contributed by atoms with van der Waals surface area (Å²) in [5, 5.41) is 5.99. The summed E-state index contributed by atoms with van der Waals surface area (Å²) in [5.74, 6) is -0.688. The minimum Gasteiger partial charge on any atom is -0.462 e. The number of carbonyl (C=O) groups is 2. The van der Waals surface area contributed by atoms with Crippen LogP contribution < -0.4 is 5.32 Å². The number of furan rings is 1. The van der Waals surface area contributed by atoms with E-state index >= 15 is 0 Å². The molecule has 0 aliphatic carbocycles. The quantitative estimate of drug-likeness (QED) is 0.391. The topological polar surface area (TPSA) is 68.5 Å². The number of fused-ring (bicyclic) bond motifs is 1. The van der Waals surface area contributed by atoms with Crippen LogP contribution in [0.1, 0.15) is 39.0 Å². The zero-order valence-corrected chi connectivity index (χ0v) is 17.8. The molecule has 6 heteroatoms. The molecular formula is C24H21NO4S. The molecule has 0 fully saturated rings. The van der Waals surface area contributed by atoms with E-state index in [-0.39, 0.29) is 12.4 Å². The van der Waals surface area contributed by atoms with Crippen molar-refractivity contribution >= 4 is 39.2 Å². The van der Waals surface area contributed by atoms with Gasteiger partial charge in [0.2, 0.25) is 0 Å². The highest BCUT2D eigenvalue weighted by molar-refractivity contribution is 7.15. The number of hydrogen-bond acceptors (Lipinski definition) is 5. The molecule has 2 aromatic carbocycles. The molecule has 0 aliphatic rings. The van der Waals surface area contributed by atoms with Crippen molar-refractivity contribution in [1.82, 2.24) is 0 Å². The number of para-hydroxylation sites is 1. The van der Waals surface area contributed by atoms with Crippen LogP contribution in [0.2, 0.25) is 0 Å². The smallest absolute Gasteiger partial charge is 0.341 e. The molecule has 0 aliphatic heterocycles. The van der Waals surface area contributed by atoms with Crippen LogP contribution in [-0.2, 0) is 4.74 Å². The number of anilines is 1. The summed E-state index contributed by atoms with van der Waals surface area (Å²) < 4.78 is 10.9. The van der Waals surface area contributed by atoms with Gasteiger partial charge in [-0.25, -0.2) is 4.79 Å². The van der Waals surface area contributed by atoms with Crippen molar-refractivity contribution in [2.75, 3.05) is 11.9 Å². The zero-order valence-electron chi connectivity index (χ0n) is 16.9. The maximum atomic E-state index is 12.8. The number of rotatable bonds is 5. The summed E-state index contributed by atoms with van der Waals surface area (Å²) >= 11 is 1.29. The molecule has 1 N–H and O–H groups in total. The van der Waals surface area contributed by atoms with E-state index < -0.39 is 11.9 Å². The summed E-state index contributed by atoms with van der Waals surface area (Å²) in [6.45, 7) is 6.03. The molecule has 1 amide bonds. The zero-order chi connectivity index (χ0) is 21.3. The van der Waals surface area contributed by atoms with Gasteiger partial charge in [0, 0.05) is 16.3 Å². The number of ether oxygens (including phenoxy) is 1. The summed E-state index contributed by atoms with van der Waals surface area (Å²) in [4.78, 5) is 25.6. The lowest BCUT2D eigenvalue weighted by Gasteiger charge is -2.10. The minimum absolute atomic E-state index is 0.187. The molecule has 4 aromatic rings. The summed E-state index contributed by atoms with van der Waals surface area (Å²) in [6.07, 6.45) is 0. The third kappa shape index (κ3) is 3.74. The van der Waals surface area contributed by atoms with Crippen LogP contribution >= 0.6 is 11.3 Å². The van der Waals surface area contributed by atoms with Gasteiger partial charge in [-0.15, -0.1) is 11.3 Å². The maximum absolute atomic E-state index is 12.8. The molecule has 4 rings (SSSR count). The molecule has 0 unspecified atom stereocenters. The first-order chi connectivity index (χ1) is 14.5. The lowest BCUT2D eigenvalue weighted by atomic mass is 9.97. The monoisotopic (exact) mass is 419 g/mol. The average molecular weight is 420 g/mol. The van der Waals surface area contributed by atoms with E-state index in [1.54, 1.807) is 19.1 Å². The largest absolute Gasteiger partial charge is 0.462 e. The van der Waals surface area contributed by atoms with E-state index in [1.807, 2.05) is 49.6 Å². The molecular weight excluding hydrogens is 398 g/mol. The van der Waals surface area contributed by atoms with Gasteiger partial charge in [0.15, 0.2) is 5.76 Å². The van der Waals surface area contributed by atoms with E-state index in [4.69, 9.17) is 9.15 Å². The van der Waals surface area contributed by atoms with Gasteiger partial charge in [0.25, 0.3) is 5.91 Å². The Labute approximate surface area is 178 Å². The Balaban J connectivity index is 1.73. The number of benzene rings is 2. The van der Waals surface area contributed by atoms with Crippen LogP contribution in [0.4, 0.5) is 5.00 Å². The van der Waals surface area contributed by atoms with Gasteiger partial charge in [-0.3, -0.25) is 4.79 Å². The third-order valence-corrected chi connectivity index (χ3v) is 5.71. The lowest BCUT2D eigenvalue weighted by Crippen LogP contribution is -2.14. The number of hydrogen-bond donors (Lipinski definition) is 1. The van der Waals surface area contributed by atoms with Crippen LogP contribution in [0, 0.1) is 13.8 Å². The first kappa shape index (κ1) is 19.9. The summed E-state index contributed by atoms with van der Waals surface area (Å²) in [6, 6.07) is 15.2. The third-order valence-electron chi connectivity index (χ3n) is 4.82. The van der Waals surface area contributed by atoms with Gasteiger partial charge < -0.3 is 14.5 Å². The van der Waals surface area contributed by atoms with Crippen LogP contribution in [0.5, 0.6) is 0 Å². The highest BCUT2D eigenvalue weighted by Gasteiger charge is 2.24. The van der Waals surface area contributed by atoms with E-state index in [9.17, 15) is 9.59 Å². The van der Waals surface area contributed by atoms with Crippen molar-refractivity contribution in [1.29, 1.82) is 0 Å². The van der Waals surface area contributed by atoms with Gasteiger partial charge in [-0.05, 0) is 44.0 Å². The second-order valence-corrected chi connectivity index (χ2v) is 7.87. The number of nitrogens with one attached hydrogen (secondary N) is 1. The Kier molecular flexibility index (Phi) is 5.42. The predicted octanol–water partition coefficient (Wildman–Crippen LogP) is 6.21.